The molecule has 0 N–H and O–H groups in total. The molecule has 4 nitrogen and oxygen atoms in total. The molecule has 12 heavy (non-hydrogen) atoms. The Morgan fingerprint density at radius 2 is 1.92 bits per heavy atom. The second-order valence-corrected chi connectivity index (χ2v) is 3.35. The first-order chi connectivity index (χ1) is 5.43. The van der Waals surface area contributed by atoms with Crippen LogP contribution in [0.1, 0.15) is 27.7 Å². The normalized spacial score (nSPS) is 11.1. The van der Waals surface area contributed by atoms with Crippen LogP contribution in [0.4, 0.5) is 4.79 Å². The molecule has 1 amide bonds. The summed E-state index contributed by atoms with van der Waals surface area (Å²) in [5.74, 6) is 0. The van der Waals surface area contributed by atoms with E-state index in [1.54, 1.807) is 6.92 Å². The maximum Gasteiger partial charge on any atom is 0.434 e. The maximum absolute atomic E-state index is 11.2. The van der Waals surface area contributed by atoms with E-state index in [2.05, 4.69) is 0 Å². The first-order valence-corrected chi connectivity index (χ1v) is 3.94. The molecule has 72 valence electrons. The molecule has 0 heterocycles. The van der Waals surface area contributed by atoms with Crippen LogP contribution < -0.4 is 0 Å². The van der Waals surface area contributed by atoms with Crippen LogP contribution in [-0.2, 0) is 9.57 Å². The van der Waals surface area contributed by atoms with Crippen LogP contribution in [0, 0.1) is 0 Å². The topological polar surface area (TPSA) is 38.8 Å². The van der Waals surface area contributed by atoms with Crippen molar-refractivity contribution in [3.05, 3.63) is 0 Å². The van der Waals surface area contributed by atoms with Crippen LogP contribution in [0.15, 0.2) is 0 Å². The molecule has 0 aromatic heterocycles. The standard InChI is InChI=1S/C8H17NO3/c1-6-12-7(10)9(11-5)8(2,3)4/h6H2,1-5H3. The van der Waals surface area contributed by atoms with E-state index < -0.39 is 6.09 Å². The zero-order chi connectivity index (χ0) is 9.78. The fourth-order valence-corrected chi connectivity index (χ4v) is 0.804. The second kappa shape index (κ2) is 4.30. The summed E-state index contributed by atoms with van der Waals surface area (Å²) in [6.45, 7) is 7.72. The van der Waals surface area contributed by atoms with Gasteiger partial charge in [-0.15, -0.1) is 0 Å². The minimum atomic E-state index is -0.451. The van der Waals surface area contributed by atoms with Crippen molar-refractivity contribution in [1.29, 1.82) is 0 Å². The lowest BCUT2D eigenvalue weighted by atomic mass is 10.1. The molecule has 0 saturated heterocycles. The van der Waals surface area contributed by atoms with Gasteiger partial charge in [0.1, 0.15) is 0 Å². The van der Waals surface area contributed by atoms with Crippen molar-refractivity contribution in [2.45, 2.75) is 33.2 Å². The minimum absolute atomic E-state index is 0.356. The highest BCUT2D eigenvalue weighted by molar-refractivity contribution is 5.67. The first kappa shape index (κ1) is 11.2. The van der Waals surface area contributed by atoms with Crippen molar-refractivity contribution in [3.63, 3.8) is 0 Å². The van der Waals surface area contributed by atoms with E-state index in [4.69, 9.17) is 9.57 Å². The largest absolute Gasteiger partial charge is 0.448 e. The molecule has 4 heteroatoms. The Kier molecular flexibility index (Phi) is 4.03. The van der Waals surface area contributed by atoms with Gasteiger partial charge in [-0.25, -0.2) is 4.79 Å². The van der Waals surface area contributed by atoms with Crippen molar-refractivity contribution in [3.8, 4) is 0 Å². The molecular weight excluding hydrogens is 158 g/mol. The van der Waals surface area contributed by atoms with Gasteiger partial charge < -0.3 is 4.74 Å². The maximum atomic E-state index is 11.2. The Morgan fingerprint density at radius 1 is 1.42 bits per heavy atom. The summed E-state index contributed by atoms with van der Waals surface area (Å²) in [5.41, 5.74) is -0.374. The molecule has 0 bridgehead atoms. The molecule has 0 aromatic carbocycles. The summed E-state index contributed by atoms with van der Waals surface area (Å²) < 4.78 is 4.78. The zero-order valence-electron chi connectivity index (χ0n) is 8.38. The summed E-state index contributed by atoms with van der Waals surface area (Å²) in [7, 11) is 1.45. The van der Waals surface area contributed by atoms with Crippen LogP contribution >= 0.6 is 0 Å². The highest BCUT2D eigenvalue weighted by atomic mass is 16.7. The monoisotopic (exact) mass is 175 g/mol. The van der Waals surface area contributed by atoms with E-state index in [1.807, 2.05) is 20.8 Å². The molecule has 0 atom stereocenters. The van der Waals surface area contributed by atoms with Gasteiger partial charge in [0.2, 0.25) is 0 Å². The minimum Gasteiger partial charge on any atom is -0.448 e. The number of carbonyl (C=O) groups excluding carboxylic acids is 1. The molecule has 0 aromatic rings. The molecule has 0 fully saturated rings. The fourth-order valence-electron chi connectivity index (χ4n) is 0.804. The quantitative estimate of drug-likeness (QED) is 0.601. The highest BCUT2D eigenvalue weighted by Gasteiger charge is 2.27. The predicted octanol–water partition coefficient (Wildman–Crippen LogP) is 1.80. The number of hydroxylamine groups is 2. The highest BCUT2D eigenvalue weighted by Crippen LogP contribution is 2.14. The van der Waals surface area contributed by atoms with Gasteiger partial charge in [0, 0.05) is 0 Å². The Bertz CT molecular complexity index is 151. The second-order valence-electron chi connectivity index (χ2n) is 3.35. The third kappa shape index (κ3) is 3.09. The third-order valence-electron chi connectivity index (χ3n) is 1.23. The summed E-state index contributed by atoms with van der Waals surface area (Å²) in [5, 5.41) is 1.20. The molecule has 0 radical (unpaired) electrons. The number of rotatable bonds is 2. The lowest BCUT2D eigenvalue weighted by Crippen LogP contribution is -2.45. The van der Waals surface area contributed by atoms with Gasteiger partial charge in [0.25, 0.3) is 0 Å². The molecule has 0 aliphatic heterocycles. The number of nitrogens with zero attached hydrogens (tertiary/aromatic N) is 1. The van der Waals surface area contributed by atoms with Crippen LogP contribution in [0.5, 0.6) is 0 Å². The SMILES string of the molecule is CCOC(=O)N(OC)C(C)(C)C. The lowest BCUT2D eigenvalue weighted by molar-refractivity contribution is -0.159. The van der Waals surface area contributed by atoms with Crippen molar-refractivity contribution < 1.29 is 14.4 Å². The molecule has 0 aliphatic carbocycles. The van der Waals surface area contributed by atoms with Crippen LogP contribution in [0.25, 0.3) is 0 Å². The van der Waals surface area contributed by atoms with Gasteiger partial charge in [0.15, 0.2) is 0 Å². The predicted molar refractivity (Wildman–Crippen MR) is 45.6 cm³/mol. The Hall–Kier alpha value is -0.770. The van der Waals surface area contributed by atoms with Crippen molar-refractivity contribution in [1.82, 2.24) is 5.06 Å². The van der Waals surface area contributed by atoms with Gasteiger partial charge >= 0.3 is 6.09 Å². The molecule has 0 saturated carbocycles. The fraction of sp³-hybridized carbons (Fsp3) is 0.875. The number of hydrogen-bond acceptors (Lipinski definition) is 3. The van der Waals surface area contributed by atoms with Crippen LogP contribution in [-0.4, -0.2) is 30.4 Å². The van der Waals surface area contributed by atoms with Gasteiger partial charge in [0.05, 0.1) is 19.3 Å². The van der Waals surface area contributed by atoms with Crippen molar-refractivity contribution in [2.75, 3.05) is 13.7 Å². The smallest absolute Gasteiger partial charge is 0.434 e. The number of hydrogen-bond donors (Lipinski definition) is 0. The van der Waals surface area contributed by atoms with Crippen molar-refractivity contribution >= 4 is 6.09 Å². The average molecular weight is 175 g/mol. The molecular formula is C8H17NO3. The Balaban J connectivity index is 4.25. The van der Waals surface area contributed by atoms with Gasteiger partial charge in [-0.3, -0.25) is 4.84 Å². The summed E-state index contributed by atoms with van der Waals surface area (Å²) in [6, 6.07) is 0. The van der Waals surface area contributed by atoms with Gasteiger partial charge in [-0.1, -0.05) is 0 Å². The molecule has 0 aliphatic rings. The Labute approximate surface area is 73.4 Å². The third-order valence-corrected chi connectivity index (χ3v) is 1.23. The number of carbonyl (C=O) groups is 1. The van der Waals surface area contributed by atoms with Crippen molar-refractivity contribution in [2.24, 2.45) is 0 Å². The molecule has 0 rings (SSSR count). The van der Waals surface area contributed by atoms with Gasteiger partial charge in [-0.05, 0) is 27.7 Å². The van der Waals surface area contributed by atoms with E-state index in [1.165, 1.54) is 12.2 Å². The van der Waals surface area contributed by atoms with Gasteiger partial charge in [-0.2, -0.15) is 5.06 Å². The number of ether oxygens (including phenoxy) is 1. The van der Waals surface area contributed by atoms with E-state index in [9.17, 15) is 4.79 Å². The van der Waals surface area contributed by atoms with Crippen LogP contribution in [0.2, 0.25) is 0 Å². The first-order valence-electron chi connectivity index (χ1n) is 3.94. The van der Waals surface area contributed by atoms with E-state index in [-0.39, 0.29) is 5.54 Å². The molecule has 0 unspecified atom stereocenters. The molecule has 0 spiro atoms. The Morgan fingerprint density at radius 3 is 2.17 bits per heavy atom. The summed E-state index contributed by atoms with van der Waals surface area (Å²) >= 11 is 0. The zero-order valence-corrected chi connectivity index (χ0v) is 8.38. The van der Waals surface area contributed by atoms with E-state index in [0.29, 0.717) is 6.61 Å². The summed E-state index contributed by atoms with van der Waals surface area (Å²) in [4.78, 5) is 16.1. The van der Waals surface area contributed by atoms with E-state index in [0.717, 1.165) is 0 Å². The lowest BCUT2D eigenvalue weighted by Gasteiger charge is -2.31. The number of amides is 1. The average Bonchev–Trinajstić information content (AvgIpc) is 1.85. The summed E-state index contributed by atoms with van der Waals surface area (Å²) in [6.07, 6.45) is -0.451. The van der Waals surface area contributed by atoms with E-state index >= 15 is 0 Å². The van der Waals surface area contributed by atoms with Crippen LogP contribution in [0.3, 0.4) is 0 Å².